The predicted molar refractivity (Wildman–Crippen MR) is 69.7 cm³/mol. The molecule has 2 aliphatic rings. The standard InChI is InChI=1S/C12H14FNO2S2/c1-8-4-9(13)2-3-12(8)18(15,16)14-6-11-5-10(14)7-17-11/h2-4,10-11H,5-7H2,1H3. The third kappa shape index (κ3) is 1.87. The lowest BCUT2D eigenvalue weighted by Gasteiger charge is -2.26. The Morgan fingerprint density at radius 1 is 1.44 bits per heavy atom. The van der Waals surface area contributed by atoms with Crippen LogP contribution in [0.2, 0.25) is 0 Å². The van der Waals surface area contributed by atoms with Gasteiger partial charge in [-0.25, -0.2) is 12.8 Å². The van der Waals surface area contributed by atoms with Crippen molar-refractivity contribution in [1.82, 2.24) is 4.31 Å². The molecule has 3 rings (SSSR count). The fourth-order valence-corrected chi connectivity index (χ4v) is 6.20. The first kappa shape index (κ1) is 12.4. The van der Waals surface area contributed by atoms with Crippen LogP contribution in [-0.4, -0.2) is 36.3 Å². The summed E-state index contributed by atoms with van der Waals surface area (Å²) >= 11 is 1.85. The van der Waals surface area contributed by atoms with Crippen molar-refractivity contribution in [3.8, 4) is 0 Å². The summed E-state index contributed by atoms with van der Waals surface area (Å²) < 4.78 is 39.7. The number of fused-ring (bicyclic) bond motifs is 2. The van der Waals surface area contributed by atoms with Crippen LogP contribution in [0.25, 0.3) is 0 Å². The molecule has 2 unspecified atom stereocenters. The summed E-state index contributed by atoms with van der Waals surface area (Å²) in [5.41, 5.74) is 0.477. The number of sulfonamides is 1. The van der Waals surface area contributed by atoms with Crippen LogP contribution in [0.5, 0.6) is 0 Å². The van der Waals surface area contributed by atoms with E-state index in [-0.39, 0.29) is 10.9 Å². The van der Waals surface area contributed by atoms with Gasteiger partial charge in [-0.15, -0.1) is 0 Å². The molecule has 2 saturated heterocycles. The number of hydrogen-bond donors (Lipinski definition) is 0. The maximum Gasteiger partial charge on any atom is 0.243 e. The zero-order valence-electron chi connectivity index (χ0n) is 9.97. The van der Waals surface area contributed by atoms with E-state index in [0.717, 1.165) is 12.2 Å². The van der Waals surface area contributed by atoms with E-state index in [2.05, 4.69) is 0 Å². The SMILES string of the molecule is Cc1cc(F)ccc1S(=O)(=O)N1CC2CC1CS2. The highest BCUT2D eigenvalue weighted by molar-refractivity contribution is 8.00. The molecular formula is C12H14FNO2S2. The topological polar surface area (TPSA) is 37.4 Å². The molecule has 0 radical (unpaired) electrons. The molecule has 0 aromatic heterocycles. The van der Waals surface area contributed by atoms with Crippen LogP contribution in [-0.2, 0) is 10.0 Å². The number of benzene rings is 1. The lowest BCUT2D eigenvalue weighted by molar-refractivity contribution is 0.409. The van der Waals surface area contributed by atoms with Crippen molar-refractivity contribution in [2.75, 3.05) is 12.3 Å². The number of nitrogens with zero attached hydrogens (tertiary/aromatic N) is 1. The fraction of sp³-hybridized carbons (Fsp3) is 0.500. The molecule has 1 aromatic carbocycles. The van der Waals surface area contributed by atoms with Gasteiger partial charge in [-0.1, -0.05) is 0 Å². The van der Waals surface area contributed by atoms with Crippen LogP contribution < -0.4 is 0 Å². The minimum atomic E-state index is -3.46. The van der Waals surface area contributed by atoms with Crippen molar-refractivity contribution < 1.29 is 12.8 Å². The van der Waals surface area contributed by atoms with Crippen LogP contribution in [0.15, 0.2) is 23.1 Å². The van der Waals surface area contributed by atoms with E-state index in [0.29, 0.717) is 17.4 Å². The molecule has 6 heteroatoms. The summed E-state index contributed by atoms with van der Waals surface area (Å²) in [5.74, 6) is 0.481. The van der Waals surface area contributed by atoms with Crippen molar-refractivity contribution in [3.63, 3.8) is 0 Å². The summed E-state index contributed by atoms with van der Waals surface area (Å²) in [6, 6.07) is 3.98. The maximum absolute atomic E-state index is 13.1. The molecule has 2 fully saturated rings. The highest BCUT2D eigenvalue weighted by atomic mass is 32.2. The normalized spacial score (nSPS) is 27.9. The van der Waals surface area contributed by atoms with E-state index >= 15 is 0 Å². The molecule has 1 aromatic rings. The lowest BCUT2D eigenvalue weighted by Crippen LogP contribution is -2.39. The van der Waals surface area contributed by atoms with Gasteiger partial charge in [0.25, 0.3) is 0 Å². The molecule has 98 valence electrons. The Bertz CT molecular complexity index is 588. The first-order valence-electron chi connectivity index (χ1n) is 5.88. The highest BCUT2D eigenvalue weighted by Gasteiger charge is 2.45. The maximum atomic E-state index is 13.1. The van der Waals surface area contributed by atoms with Crippen molar-refractivity contribution >= 4 is 21.8 Å². The number of aryl methyl sites for hydroxylation is 1. The Balaban J connectivity index is 2.00. The van der Waals surface area contributed by atoms with Gasteiger partial charge in [0.15, 0.2) is 0 Å². The van der Waals surface area contributed by atoms with Crippen molar-refractivity contribution in [2.45, 2.75) is 29.5 Å². The second-order valence-corrected chi connectivity index (χ2v) is 8.02. The average molecular weight is 287 g/mol. The second kappa shape index (κ2) is 4.21. The van der Waals surface area contributed by atoms with Gasteiger partial charge in [-0.05, 0) is 37.1 Å². The second-order valence-electron chi connectivity index (χ2n) is 4.83. The van der Waals surface area contributed by atoms with E-state index in [1.807, 2.05) is 11.8 Å². The van der Waals surface area contributed by atoms with Crippen LogP contribution >= 0.6 is 11.8 Å². The number of thioether (sulfide) groups is 1. The Morgan fingerprint density at radius 2 is 2.22 bits per heavy atom. The zero-order chi connectivity index (χ0) is 12.9. The van der Waals surface area contributed by atoms with E-state index in [9.17, 15) is 12.8 Å². The van der Waals surface area contributed by atoms with Gasteiger partial charge in [0, 0.05) is 23.6 Å². The molecule has 0 saturated carbocycles. The summed E-state index contributed by atoms with van der Waals surface area (Å²) in [6.45, 7) is 2.23. The first-order valence-corrected chi connectivity index (χ1v) is 8.37. The third-order valence-electron chi connectivity index (χ3n) is 3.57. The summed E-state index contributed by atoms with van der Waals surface area (Å²) in [5, 5.41) is 0.436. The number of halogens is 1. The quantitative estimate of drug-likeness (QED) is 0.835. The molecule has 0 amide bonds. The van der Waals surface area contributed by atoms with Gasteiger partial charge in [0.1, 0.15) is 5.82 Å². The van der Waals surface area contributed by atoms with Crippen LogP contribution in [0, 0.1) is 12.7 Å². The molecule has 0 N–H and O–H groups in total. The molecular weight excluding hydrogens is 273 g/mol. The molecule has 2 atom stereocenters. The van der Waals surface area contributed by atoms with Gasteiger partial charge in [-0.2, -0.15) is 16.1 Å². The van der Waals surface area contributed by atoms with Gasteiger partial charge in [0.2, 0.25) is 10.0 Å². The smallest absolute Gasteiger partial charge is 0.207 e. The van der Waals surface area contributed by atoms with E-state index in [1.165, 1.54) is 18.2 Å². The molecule has 2 aliphatic heterocycles. The third-order valence-corrected chi connectivity index (χ3v) is 7.04. The Labute approximate surface area is 110 Å². The summed E-state index contributed by atoms with van der Waals surface area (Å²) in [6.07, 6.45) is 0.949. The van der Waals surface area contributed by atoms with Crippen LogP contribution in [0.4, 0.5) is 4.39 Å². The van der Waals surface area contributed by atoms with Gasteiger partial charge < -0.3 is 0 Å². The van der Waals surface area contributed by atoms with Crippen molar-refractivity contribution in [1.29, 1.82) is 0 Å². The van der Waals surface area contributed by atoms with Crippen molar-refractivity contribution in [2.24, 2.45) is 0 Å². The van der Waals surface area contributed by atoms with Crippen LogP contribution in [0.3, 0.4) is 0 Å². The minimum absolute atomic E-state index is 0.120. The van der Waals surface area contributed by atoms with E-state index in [4.69, 9.17) is 0 Å². The van der Waals surface area contributed by atoms with Gasteiger partial charge in [-0.3, -0.25) is 0 Å². The number of rotatable bonds is 2. The van der Waals surface area contributed by atoms with E-state index in [1.54, 1.807) is 11.2 Å². The van der Waals surface area contributed by atoms with Gasteiger partial charge >= 0.3 is 0 Å². The first-order chi connectivity index (χ1) is 8.48. The summed E-state index contributed by atoms with van der Waals surface area (Å²) in [7, 11) is -3.46. The Kier molecular flexibility index (Phi) is 2.91. The predicted octanol–water partition coefficient (Wildman–Crippen LogP) is 2.01. The highest BCUT2D eigenvalue weighted by Crippen LogP contribution is 2.40. The zero-order valence-corrected chi connectivity index (χ0v) is 11.6. The average Bonchev–Trinajstić information content (AvgIpc) is 2.90. The molecule has 18 heavy (non-hydrogen) atoms. The molecule has 2 heterocycles. The monoisotopic (exact) mass is 287 g/mol. The Hall–Kier alpha value is -0.590. The minimum Gasteiger partial charge on any atom is -0.207 e. The molecule has 2 bridgehead atoms. The lowest BCUT2D eigenvalue weighted by atomic mass is 10.2. The fourth-order valence-electron chi connectivity index (χ4n) is 2.69. The molecule has 3 nitrogen and oxygen atoms in total. The largest absolute Gasteiger partial charge is 0.243 e. The molecule has 0 spiro atoms. The summed E-state index contributed by atoms with van der Waals surface area (Å²) in [4.78, 5) is 0.237. The van der Waals surface area contributed by atoms with Crippen molar-refractivity contribution in [3.05, 3.63) is 29.6 Å². The van der Waals surface area contributed by atoms with E-state index < -0.39 is 15.8 Å². The van der Waals surface area contributed by atoms with Crippen LogP contribution in [0.1, 0.15) is 12.0 Å². The van der Waals surface area contributed by atoms with Gasteiger partial charge in [0.05, 0.1) is 4.90 Å². The number of hydrogen-bond acceptors (Lipinski definition) is 3. The Morgan fingerprint density at radius 3 is 2.78 bits per heavy atom. The molecule has 0 aliphatic carbocycles.